The summed E-state index contributed by atoms with van der Waals surface area (Å²) in [5.41, 5.74) is 3.36. The van der Waals surface area contributed by atoms with E-state index in [2.05, 4.69) is 5.32 Å². The molecule has 2 amide bonds. The second-order valence-corrected chi connectivity index (χ2v) is 7.29. The summed E-state index contributed by atoms with van der Waals surface area (Å²) < 4.78 is 5.25. The van der Waals surface area contributed by atoms with Crippen LogP contribution in [0.3, 0.4) is 0 Å². The molecule has 3 aromatic carbocycles. The van der Waals surface area contributed by atoms with Gasteiger partial charge in [0.15, 0.2) is 0 Å². The van der Waals surface area contributed by atoms with E-state index in [0.717, 1.165) is 35.5 Å². The molecule has 0 aromatic heterocycles. The maximum absolute atomic E-state index is 13.0. The number of carbonyl (C=O) groups is 2. The number of rotatable bonds is 6. The average Bonchev–Trinajstić information content (AvgIpc) is 3.24. The summed E-state index contributed by atoms with van der Waals surface area (Å²) in [6.07, 6.45) is 1.46. The molecule has 1 heterocycles. The van der Waals surface area contributed by atoms with Crippen molar-refractivity contribution in [1.29, 1.82) is 0 Å². The van der Waals surface area contributed by atoms with Crippen molar-refractivity contribution in [2.24, 2.45) is 0 Å². The molecular formula is C25H24N2O3. The van der Waals surface area contributed by atoms with Crippen LogP contribution in [0.5, 0.6) is 5.75 Å². The van der Waals surface area contributed by atoms with Crippen LogP contribution < -0.4 is 15.0 Å². The molecule has 1 aliphatic heterocycles. The van der Waals surface area contributed by atoms with Crippen LogP contribution in [0, 0.1) is 0 Å². The van der Waals surface area contributed by atoms with E-state index in [-0.39, 0.29) is 17.9 Å². The van der Waals surface area contributed by atoms with Crippen LogP contribution in [0.1, 0.15) is 40.4 Å². The molecule has 1 atom stereocenters. The smallest absolute Gasteiger partial charge is 0.252 e. The van der Waals surface area contributed by atoms with Gasteiger partial charge in [-0.3, -0.25) is 9.59 Å². The topological polar surface area (TPSA) is 58.6 Å². The third-order valence-corrected chi connectivity index (χ3v) is 5.37. The van der Waals surface area contributed by atoms with Crippen LogP contribution in [0.4, 0.5) is 5.69 Å². The number of nitrogens with one attached hydrogen (secondary N) is 1. The van der Waals surface area contributed by atoms with Crippen molar-refractivity contribution < 1.29 is 14.3 Å². The van der Waals surface area contributed by atoms with Gasteiger partial charge >= 0.3 is 0 Å². The van der Waals surface area contributed by atoms with E-state index in [0.29, 0.717) is 12.0 Å². The van der Waals surface area contributed by atoms with Gasteiger partial charge in [0.1, 0.15) is 5.75 Å². The van der Waals surface area contributed by atoms with Crippen molar-refractivity contribution in [3.05, 3.63) is 95.6 Å². The van der Waals surface area contributed by atoms with Crippen LogP contribution in [-0.4, -0.2) is 25.5 Å². The Kier molecular flexibility index (Phi) is 5.80. The fraction of sp³-hybridized carbons (Fsp3) is 0.200. The molecule has 4 rings (SSSR count). The Bertz CT molecular complexity index is 1010. The van der Waals surface area contributed by atoms with Crippen LogP contribution in [0.2, 0.25) is 0 Å². The van der Waals surface area contributed by atoms with E-state index in [1.807, 2.05) is 66.7 Å². The lowest BCUT2D eigenvalue weighted by atomic mass is 9.98. The fourth-order valence-electron chi connectivity index (χ4n) is 3.73. The van der Waals surface area contributed by atoms with E-state index in [4.69, 9.17) is 4.74 Å². The van der Waals surface area contributed by atoms with Gasteiger partial charge in [-0.2, -0.15) is 0 Å². The first-order valence-corrected chi connectivity index (χ1v) is 10.1. The molecule has 5 heteroatoms. The number of amides is 2. The first-order valence-electron chi connectivity index (χ1n) is 10.1. The monoisotopic (exact) mass is 400 g/mol. The molecule has 0 aliphatic carbocycles. The third-order valence-electron chi connectivity index (χ3n) is 5.37. The first-order chi connectivity index (χ1) is 14.7. The lowest BCUT2D eigenvalue weighted by Gasteiger charge is -2.21. The zero-order valence-corrected chi connectivity index (χ0v) is 16.9. The lowest BCUT2D eigenvalue weighted by molar-refractivity contribution is -0.117. The zero-order valence-electron chi connectivity index (χ0n) is 16.9. The Morgan fingerprint density at radius 2 is 1.60 bits per heavy atom. The maximum atomic E-state index is 13.0. The van der Waals surface area contributed by atoms with Crippen molar-refractivity contribution in [2.75, 3.05) is 18.6 Å². The Labute approximate surface area is 176 Å². The molecule has 30 heavy (non-hydrogen) atoms. The Hall–Kier alpha value is -3.60. The van der Waals surface area contributed by atoms with Crippen LogP contribution in [0.15, 0.2) is 78.9 Å². The van der Waals surface area contributed by atoms with Gasteiger partial charge in [0.25, 0.3) is 5.91 Å². The van der Waals surface area contributed by atoms with E-state index >= 15 is 0 Å². The minimum absolute atomic E-state index is 0.135. The Morgan fingerprint density at radius 1 is 0.933 bits per heavy atom. The standard InChI is InChI=1S/C25H24N2O3/c1-30-22-15-11-19(12-16-22)24(18-6-3-2-4-7-18)26-25(29)20-9-13-21(14-10-20)27-17-5-8-23(27)28/h2-4,6-7,9-16,24H,5,8,17H2,1H3,(H,26,29)/t24-/m0/s1. The molecule has 0 radical (unpaired) electrons. The van der Waals surface area contributed by atoms with E-state index < -0.39 is 0 Å². The number of ether oxygens (including phenoxy) is 1. The normalized spacial score (nSPS) is 14.4. The van der Waals surface area contributed by atoms with Crippen LogP contribution in [-0.2, 0) is 4.79 Å². The van der Waals surface area contributed by atoms with Gasteiger partial charge < -0.3 is 15.0 Å². The van der Waals surface area contributed by atoms with Crippen molar-refractivity contribution in [3.8, 4) is 5.75 Å². The zero-order chi connectivity index (χ0) is 20.9. The quantitative estimate of drug-likeness (QED) is 0.670. The molecule has 0 spiro atoms. The third kappa shape index (κ3) is 4.20. The Morgan fingerprint density at radius 3 is 2.20 bits per heavy atom. The van der Waals surface area contributed by atoms with E-state index in [1.165, 1.54) is 0 Å². The van der Waals surface area contributed by atoms with E-state index in [1.54, 1.807) is 24.1 Å². The summed E-state index contributed by atoms with van der Waals surface area (Å²) in [6.45, 7) is 0.734. The molecule has 1 saturated heterocycles. The molecular weight excluding hydrogens is 376 g/mol. The van der Waals surface area contributed by atoms with Crippen molar-refractivity contribution >= 4 is 17.5 Å². The summed E-state index contributed by atoms with van der Waals surface area (Å²) in [4.78, 5) is 26.7. The summed E-state index contributed by atoms with van der Waals surface area (Å²) in [6, 6.07) is 24.5. The molecule has 0 bridgehead atoms. The average molecular weight is 400 g/mol. The molecule has 1 fully saturated rings. The molecule has 1 N–H and O–H groups in total. The summed E-state index contributed by atoms with van der Waals surface area (Å²) in [7, 11) is 1.63. The minimum atomic E-state index is -0.288. The number of anilines is 1. The molecule has 5 nitrogen and oxygen atoms in total. The fourth-order valence-corrected chi connectivity index (χ4v) is 3.73. The number of hydrogen-bond donors (Lipinski definition) is 1. The molecule has 0 unspecified atom stereocenters. The number of carbonyl (C=O) groups excluding carboxylic acids is 2. The largest absolute Gasteiger partial charge is 0.497 e. The van der Waals surface area contributed by atoms with Gasteiger partial charge in [-0.1, -0.05) is 42.5 Å². The highest BCUT2D eigenvalue weighted by Gasteiger charge is 2.22. The van der Waals surface area contributed by atoms with Gasteiger partial charge in [-0.15, -0.1) is 0 Å². The van der Waals surface area contributed by atoms with Crippen molar-refractivity contribution in [2.45, 2.75) is 18.9 Å². The predicted octanol–water partition coefficient (Wildman–Crippen LogP) is 4.34. The van der Waals surface area contributed by atoms with Crippen molar-refractivity contribution in [3.63, 3.8) is 0 Å². The molecule has 3 aromatic rings. The maximum Gasteiger partial charge on any atom is 0.252 e. The minimum Gasteiger partial charge on any atom is -0.497 e. The summed E-state index contributed by atoms with van der Waals surface area (Å²) in [5.74, 6) is 0.735. The van der Waals surface area contributed by atoms with Gasteiger partial charge in [0, 0.05) is 24.2 Å². The highest BCUT2D eigenvalue weighted by Crippen LogP contribution is 2.26. The van der Waals surface area contributed by atoms with Gasteiger partial charge in [0.2, 0.25) is 5.91 Å². The van der Waals surface area contributed by atoms with Crippen LogP contribution in [0.25, 0.3) is 0 Å². The highest BCUT2D eigenvalue weighted by atomic mass is 16.5. The van der Waals surface area contributed by atoms with E-state index in [9.17, 15) is 9.59 Å². The van der Waals surface area contributed by atoms with Gasteiger partial charge in [-0.05, 0) is 53.9 Å². The van der Waals surface area contributed by atoms with Crippen LogP contribution >= 0.6 is 0 Å². The number of nitrogens with zero attached hydrogens (tertiary/aromatic N) is 1. The predicted molar refractivity (Wildman–Crippen MR) is 117 cm³/mol. The number of benzene rings is 3. The molecule has 0 saturated carbocycles. The Balaban J connectivity index is 1.56. The second-order valence-electron chi connectivity index (χ2n) is 7.29. The summed E-state index contributed by atoms with van der Waals surface area (Å²) >= 11 is 0. The van der Waals surface area contributed by atoms with Gasteiger partial charge in [0.05, 0.1) is 13.2 Å². The number of methoxy groups -OCH3 is 1. The first kappa shape index (κ1) is 19.7. The lowest BCUT2D eigenvalue weighted by Crippen LogP contribution is -2.29. The highest BCUT2D eigenvalue weighted by molar-refractivity contribution is 5.97. The van der Waals surface area contributed by atoms with Gasteiger partial charge in [-0.25, -0.2) is 0 Å². The SMILES string of the molecule is COc1ccc([C@@H](NC(=O)c2ccc(N3CCCC3=O)cc2)c2ccccc2)cc1. The second kappa shape index (κ2) is 8.82. The summed E-state index contributed by atoms with van der Waals surface area (Å²) in [5, 5.41) is 3.14. The van der Waals surface area contributed by atoms with Crippen molar-refractivity contribution in [1.82, 2.24) is 5.32 Å². The molecule has 152 valence electrons. The number of hydrogen-bond acceptors (Lipinski definition) is 3. The molecule has 1 aliphatic rings.